The fourth-order valence-corrected chi connectivity index (χ4v) is 2.08. The molecule has 0 aliphatic rings. The highest BCUT2D eigenvalue weighted by atomic mass is 35.5. The zero-order valence-corrected chi connectivity index (χ0v) is 11.4. The van der Waals surface area contributed by atoms with Gasteiger partial charge in [-0.1, -0.05) is 23.8 Å². The molecule has 0 spiro atoms. The number of rotatable bonds is 5. The second-order valence-corrected chi connectivity index (χ2v) is 4.86. The molecule has 1 unspecified atom stereocenters. The standard InChI is InChI=1S/C14H19ClO2/c1-4-17-14(16)9-13(15)8-12-6-5-10(2)7-11(12)3/h5-7,13H,4,8-9H2,1-3H3. The van der Waals surface area contributed by atoms with Gasteiger partial charge in [0.25, 0.3) is 0 Å². The van der Waals surface area contributed by atoms with Crippen LogP contribution in [0.25, 0.3) is 0 Å². The van der Waals surface area contributed by atoms with E-state index in [1.165, 1.54) is 16.7 Å². The fraction of sp³-hybridized carbons (Fsp3) is 0.500. The molecule has 0 saturated carbocycles. The van der Waals surface area contributed by atoms with E-state index in [9.17, 15) is 4.79 Å². The van der Waals surface area contributed by atoms with E-state index in [0.29, 0.717) is 13.0 Å². The minimum Gasteiger partial charge on any atom is -0.466 e. The minimum atomic E-state index is -0.225. The molecule has 0 heterocycles. The minimum absolute atomic E-state index is 0.199. The maximum atomic E-state index is 11.3. The Kier molecular flexibility index (Phi) is 5.49. The van der Waals surface area contributed by atoms with Crippen molar-refractivity contribution in [3.05, 3.63) is 34.9 Å². The highest BCUT2D eigenvalue weighted by Gasteiger charge is 2.13. The van der Waals surface area contributed by atoms with Crippen molar-refractivity contribution in [1.82, 2.24) is 0 Å². The van der Waals surface area contributed by atoms with Crippen LogP contribution in [0.2, 0.25) is 0 Å². The summed E-state index contributed by atoms with van der Waals surface area (Å²) in [6, 6.07) is 6.27. The highest BCUT2D eigenvalue weighted by molar-refractivity contribution is 6.21. The molecule has 1 aromatic carbocycles. The lowest BCUT2D eigenvalue weighted by atomic mass is 10.0. The first-order valence-corrected chi connectivity index (χ1v) is 6.32. The fourth-order valence-electron chi connectivity index (χ4n) is 1.79. The molecule has 0 saturated heterocycles. The van der Waals surface area contributed by atoms with Crippen LogP contribution >= 0.6 is 11.6 Å². The zero-order valence-electron chi connectivity index (χ0n) is 10.6. The molecular formula is C14H19ClO2. The lowest BCUT2D eigenvalue weighted by molar-refractivity contribution is -0.143. The summed E-state index contributed by atoms with van der Waals surface area (Å²) in [6.07, 6.45) is 0.967. The summed E-state index contributed by atoms with van der Waals surface area (Å²) in [7, 11) is 0. The van der Waals surface area contributed by atoms with Crippen LogP contribution < -0.4 is 0 Å². The average molecular weight is 255 g/mol. The van der Waals surface area contributed by atoms with Gasteiger partial charge in [-0.15, -0.1) is 11.6 Å². The summed E-state index contributed by atoms with van der Waals surface area (Å²) >= 11 is 6.16. The first-order valence-electron chi connectivity index (χ1n) is 5.88. The molecule has 17 heavy (non-hydrogen) atoms. The number of aryl methyl sites for hydroxylation is 2. The van der Waals surface area contributed by atoms with Gasteiger partial charge in [-0.3, -0.25) is 4.79 Å². The van der Waals surface area contributed by atoms with Gasteiger partial charge in [-0.2, -0.15) is 0 Å². The summed E-state index contributed by atoms with van der Waals surface area (Å²) in [5.41, 5.74) is 3.65. The van der Waals surface area contributed by atoms with E-state index in [0.717, 1.165) is 0 Å². The lowest BCUT2D eigenvalue weighted by Crippen LogP contribution is -2.14. The molecule has 0 N–H and O–H groups in total. The van der Waals surface area contributed by atoms with Gasteiger partial charge in [-0.05, 0) is 38.3 Å². The van der Waals surface area contributed by atoms with Gasteiger partial charge in [0.15, 0.2) is 0 Å². The van der Waals surface area contributed by atoms with Gasteiger partial charge in [0.2, 0.25) is 0 Å². The van der Waals surface area contributed by atoms with Crippen LogP contribution in [0.1, 0.15) is 30.0 Å². The number of carbonyl (C=O) groups is 1. The molecule has 2 nitrogen and oxygen atoms in total. The van der Waals surface area contributed by atoms with E-state index in [1.54, 1.807) is 6.92 Å². The van der Waals surface area contributed by atoms with Crippen molar-refractivity contribution < 1.29 is 9.53 Å². The Morgan fingerprint density at radius 3 is 2.71 bits per heavy atom. The number of alkyl halides is 1. The van der Waals surface area contributed by atoms with Crippen LogP contribution in [-0.4, -0.2) is 18.0 Å². The summed E-state index contributed by atoms with van der Waals surface area (Å²) in [5.74, 6) is -0.225. The molecule has 94 valence electrons. The Balaban J connectivity index is 2.55. The predicted octanol–water partition coefficient (Wildman–Crippen LogP) is 3.41. The summed E-state index contributed by atoms with van der Waals surface area (Å²) < 4.78 is 4.88. The molecule has 0 aromatic heterocycles. The molecule has 1 atom stereocenters. The first kappa shape index (κ1) is 14.0. The lowest BCUT2D eigenvalue weighted by Gasteiger charge is -2.11. The summed E-state index contributed by atoms with van der Waals surface area (Å²) in [6.45, 7) is 6.33. The van der Waals surface area contributed by atoms with Crippen molar-refractivity contribution >= 4 is 17.6 Å². The number of halogens is 1. The van der Waals surface area contributed by atoms with Crippen molar-refractivity contribution in [3.8, 4) is 0 Å². The summed E-state index contributed by atoms with van der Waals surface area (Å²) in [4.78, 5) is 11.3. The van der Waals surface area contributed by atoms with Crippen molar-refractivity contribution in [2.75, 3.05) is 6.61 Å². The SMILES string of the molecule is CCOC(=O)CC(Cl)Cc1ccc(C)cc1C. The van der Waals surface area contributed by atoms with Gasteiger partial charge in [-0.25, -0.2) is 0 Å². The largest absolute Gasteiger partial charge is 0.466 e. The molecule has 3 heteroatoms. The second kappa shape index (κ2) is 6.65. The topological polar surface area (TPSA) is 26.3 Å². The number of carbonyl (C=O) groups excluding carboxylic acids is 1. The normalized spacial score (nSPS) is 12.2. The van der Waals surface area contributed by atoms with Crippen LogP contribution in [0.15, 0.2) is 18.2 Å². The predicted molar refractivity (Wildman–Crippen MR) is 70.5 cm³/mol. The molecule has 0 aliphatic carbocycles. The quantitative estimate of drug-likeness (QED) is 0.595. The number of hydrogen-bond donors (Lipinski definition) is 0. The van der Waals surface area contributed by atoms with Crippen molar-refractivity contribution in [2.24, 2.45) is 0 Å². The van der Waals surface area contributed by atoms with Crippen LogP contribution in [0.3, 0.4) is 0 Å². The van der Waals surface area contributed by atoms with Crippen LogP contribution in [0.5, 0.6) is 0 Å². The van der Waals surface area contributed by atoms with E-state index in [-0.39, 0.29) is 17.8 Å². The van der Waals surface area contributed by atoms with Gasteiger partial charge in [0.05, 0.1) is 13.0 Å². The number of hydrogen-bond acceptors (Lipinski definition) is 2. The zero-order chi connectivity index (χ0) is 12.8. The van der Waals surface area contributed by atoms with E-state index in [1.807, 2.05) is 0 Å². The van der Waals surface area contributed by atoms with Gasteiger partial charge in [0.1, 0.15) is 0 Å². The maximum Gasteiger partial charge on any atom is 0.307 e. The van der Waals surface area contributed by atoms with Crippen molar-refractivity contribution in [1.29, 1.82) is 0 Å². The van der Waals surface area contributed by atoms with E-state index in [2.05, 4.69) is 32.0 Å². The Hall–Kier alpha value is -1.02. The monoisotopic (exact) mass is 254 g/mol. The first-order chi connectivity index (χ1) is 8.02. The molecular weight excluding hydrogens is 236 g/mol. The molecule has 0 aliphatic heterocycles. The van der Waals surface area contributed by atoms with Crippen molar-refractivity contribution in [3.63, 3.8) is 0 Å². The van der Waals surface area contributed by atoms with Crippen LogP contribution in [0, 0.1) is 13.8 Å². The van der Waals surface area contributed by atoms with E-state index in [4.69, 9.17) is 16.3 Å². The average Bonchev–Trinajstić information content (AvgIpc) is 2.22. The third kappa shape index (κ3) is 4.78. The third-order valence-electron chi connectivity index (χ3n) is 2.63. The number of benzene rings is 1. The van der Waals surface area contributed by atoms with Gasteiger partial charge >= 0.3 is 5.97 Å². The Morgan fingerprint density at radius 1 is 1.41 bits per heavy atom. The Bertz CT molecular complexity index is 388. The van der Waals surface area contributed by atoms with Crippen LogP contribution in [-0.2, 0) is 16.0 Å². The molecule has 0 radical (unpaired) electrons. The molecule has 1 aromatic rings. The van der Waals surface area contributed by atoms with Crippen LogP contribution in [0.4, 0.5) is 0 Å². The molecule has 0 amide bonds. The molecule has 0 bridgehead atoms. The van der Waals surface area contributed by atoms with E-state index < -0.39 is 0 Å². The molecule has 0 fully saturated rings. The third-order valence-corrected chi connectivity index (χ3v) is 2.94. The van der Waals surface area contributed by atoms with E-state index >= 15 is 0 Å². The second-order valence-electron chi connectivity index (χ2n) is 4.24. The van der Waals surface area contributed by atoms with Crippen molar-refractivity contribution in [2.45, 2.75) is 39.0 Å². The Labute approximate surface area is 108 Å². The summed E-state index contributed by atoms with van der Waals surface area (Å²) in [5, 5.41) is -0.199. The smallest absolute Gasteiger partial charge is 0.307 e. The molecule has 1 rings (SSSR count). The maximum absolute atomic E-state index is 11.3. The van der Waals surface area contributed by atoms with Gasteiger partial charge < -0.3 is 4.74 Å². The van der Waals surface area contributed by atoms with Gasteiger partial charge in [0, 0.05) is 5.38 Å². The number of ether oxygens (including phenoxy) is 1. The number of esters is 1. The highest BCUT2D eigenvalue weighted by Crippen LogP contribution is 2.17. The Morgan fingerprint density at radius 2 is 2.12 bits per heavy atom.